The lowest BCUT2D eigenvalue weighted by Crippen LogP contribution is -2.04. The Kier molecular flexibility index (Phi) is 3.53. The van der Waals surface area contributed by atoms with Crippen LogP contribution < -0.4 is 10.5 Å². The average Bonchev–Trinajstić information content (AvgIpc) is 2.42. The van der Waals surface area contributed by atoms with Gasteiger partial charge in [0.25, 0.3) is 0 Å². The largest absolute Gasteiger partial charge is 0.478 e. The second kappa shape index (κ2) is 5.28. The molecule has 0 unspecified atom stereocenters. The Balaban J connectivity index is 2.35. The molecule has 0 atom stereocenters. The molecule has 5 nitrogen and oxygen atoms in total. The van der Waals surface area contributed by atoms with Crippen molar-refractivity contribution in [3.8, 4) is 17.6 Å². The number of carboxylic acid groups (broad SMARTS) is 1. The van der Waals surface area contributed by atoms with Crippen LogP contribution in [0.15, 0.2) is 36.4 Å². The molecule has 0 saturated heterocycles. The number of anilines is 1. The van der Waals surface area contributed by atoms with Crippen LogP contribution in [0, 0.1) is 17.1 Å². The standard InChI is InChI=1S/C14H9FN2O3/c15-11-6-12(17)10(14(18)19)5-13(11)20-9-3-1-8(7-16)2-4-9/h1-6H,17H2,(H,18,19). The summed E-state index contributed by atoms with van der Waals surface area (Å²) in [5, 5.41) is 17.6. The molecule has 0 bridgehead atoms. The van der Waals surface area contributed by atoms with Gasteiger partial charge in [-0.3, -0.25) is 0 Å². The van der Waals surface area contributed by atoms with E-state index in [9.17, 15) is 9.18 Å². The topological polar surface area (TPSA) is 96.3 Å². The zero-order chi connectivity index (χ0) is 14.7. The number of carbonyl (C=O) groups is 1. The Hall–Kier alpha value is -3.07. The number of ether oxygens (including phenoxy) is 1. The lowest BCUT2D eigenvalue weighted by atomic mass is 10.1. The van der Waals surface area contributed by atoms with Crippen LogP contribution in [0.3, 0.4) is 0 Å². The van der Waals surface area contributed by atoms with E-state index in [1.807, 2.05) is 6.07 Å². The van der Waals surface area contributed by atoms with Crippen molar-refractivity contribution in [3.63, 3.8) is 0 Å². The van der Waals surface area contributed by atoms with Crippen molar-refractivity contribution in [1.29, 1.82) is 5.26 Å². The SMILES string of the molecule is N#Cc1ccc(Oc2cc(C(=O)O)c(N)cc2F)cc1. The summed E-state index contributed by atoms with van der Waals surface area (Å²) >= 11 is 0. The minimum absolute atomic E-state index is 0.179. The van der Waals surface area contributed by atoms with E-state index in [0.29, 0.717) is 5.56 Å². The number of nitriles is 1. The van der Waals surface area contributed by atoms with Gasteiger partial charge < -0.3 is 15.6 Å². The summed E-state index contributed by atoms with van der Waals surface area (Å²) in [5.41, 5.74) is 5.42. The number of nitrogens with zero attached hydrogens (tertiary/aromatic N) is 1. The molecule has 2 aromatic rings. The van der Waals surface area contributed by atoms with Crippen molar-refractivity contribution in [2.24, 2.45) is 0 Å². The third-order valence-electron chi connectivity index (χ3n) is 2.55. The fourth-order valence-corrected chi connectivity index (χ4v) is 1.56. The van der Waals surface area contributed by atoms with Gasteiger partial charge in [-0.2, -0.15) is 5.26 Å². The second-order valence-corrected chi connectivity index (χ2v) is 3.91. The Labute approximate surface area is 113 Å². The summed E-state index contributed by atoms with van der Waals surface area (Å²) in [7, 11) is 0. The monoisotopic (exact) mass is 272 g/mol. The molecule has 3 N–H and O–H groups in total. The van der Waals surface area contributed by atoms with Gasteiger partial charge in [-0.15, -0.1) is 0 Å². The number of hydrogen-bond donors (Lipinski definition) is 2. The highest BCUT2D eigenvalue weighted by atomic mass is 19.1. The first-order chi connectivity index (χ1) is 9.51. The molecule has 0 amide bonds. The highest BCUT2D eigenvalue weighted by Gasteiger charge is 2.14. The minimum Gasteiger partial charge on any atom is -0.478 e. The fraction of sp³-hybridized carbons (Fsp3) is 0. The lowest BCUT2D eigenvalue weighted by Gasteiger charge is -2.09. The zero-order valence-electron chi connectivity index (χ0n) is 10.1. The number of nitrogen functional groups attached to an aromatic ring is 1. The molecule has 20 heavy (non-hydrogen) atoms. The molecule has 0 aromatic heterocycles. The number of benzene rings is 2. The van der Waals surface area contributed by atoms with Crippen LogP contribution in [0.4, 0.5) is 10.1 Å². The van der Waals surface area contributed by atoms with Gasteiger partial charge in [-0.1, -0.05) is 0 Å². The summed E-state index contributed by atoms with van der Waals surface area (Å²) in [4.78, 5) is 10.9. The molecule has 2 rings (SSSR count). The summed E-state index contributed by atoms with van der Waals surface area (Å²) in [6.45, 7) is 0. The van der Waals surface area contributed by atoms with E-state index in [1.165, 1.54) is 24.3 Å². The molecule has 0 aliphatic carbocycles. The highest BCUT2D eigenvalue weighted by molar-refractivity contribution is 5.94. The van der Waals surface area contributed by atoms with Crippen molar-refractivity contribution in [1.82, 2.24) is 0 Å². The predicted octanol–water partition coefficient (Wildman–Crippen LogP) is 2.77. The van der Waals surface area contributed by atoms with Gasteiger partial charge in [0.05, 0.1) is 17.2 Å². The van der Waals surface area contributed by atoms with Crippen LogP contribution in [0.1, 0.15) is 15.9 Å². The van der Waals surface area contributed by atoms with Gasteiger partial charge in [0, 0.05) is 17.8 Å². The Morgan fingerprint density at radius 1 is 1.30 bits per heavy atom. The molecule has 0 heterocycles. The molecule has 0 aliphatic rings. The number of aromatic carboxylic acids is 1. The Morgan fingerprint density at radius 2 is 1.95 bits per heavy atom. The molecule has 100 valence electrons. The van der Waals surface area contributed by atoms with Crippen LogP contribution >= 0.6 is 0 Å². The average molecular weight is 272 g/mol. The third kappa shape index (κ3) is 2.67. The third-order valence-corrected chi connectivity index (χ3v) is 2.55. The minimum atomic E-state index is -1.27. The number of rotatable bonds is 3. The van der Waals surface area contributed by atoms with Crippen molar-refractivity contribution in [2.45, 2.75) is 0 Å². The van der Waals surface area contributed by atoms with Crippen LogP contribution in [0.2, 0.25) is 0 Å². The van der Waals surface area contributed by atoms with Crippen molar-refractivity contribution >= 4 is 11.7 Å². The van der Waals surface area contributed by atoms with Crippen molar-refractivity contribution in [2.75, 3.05) is 5.73 Å². The smallest absolute Gasteiger partial charge is 0.337 e. The molecule has 0 fully saturated rings. The Morgan fingerprint density at radius 3 is 2.50 bits per heavy atom. The molecule has 0 radical (unpaired) electrons. The van der Waals surface area contributed by atoms with Gasteiger partial charge in [-0.05, 0) is 24.3 Å². The van der Waals surface area contributed by atoms with E-state index in [0.717, 1.165) is 12.1 Å². The van der Waals surface area contributed by atoms with E-state index in [1.54, 1.807) is 0 Å². The fourth-order valence-electron chi connectivity index (χ4n) is 1.56. The molecule has 0 aliphatic heterocycles. The molecule has 6 heteroatoms. The van der Waals surface area contributed by atoms with Crippen LogP contribution in [0.5, 0.6) is 11.5 Å². The first-order valence-electron chi connectivity index (χ1n) is 5.51. The van der Waals surface area contributed by atoms with E-state index in [2.05, 4.69) is 0 Å². The highest BCUT2D eigenvalue weighted by Crippen LogP contribution is 2.28. The second-order valence-electron chi connectivity index (χ2n) is 3.91. The van der Waals surface area contributed by atoms with Crippen LogP contribution in [-0.4, -0.2) is 11.1 Å². The number of hydrogen-bond acceptors (Lipinski definition) is 4. The summed E-state index contributed by atoms with van der Waals surface area (Å²) in [6, 6.07) is 9.81. The van der Waals surface area contributed by atoms with Gasteiger partial charge in [0.1, 0.15) is 5.75 Å². The zero-order valence-corrected chi connectivity index (χ0v) is 10.1. The van der Waals surface area contributed by atoms with E-state index >= 15 is 0 Å². The number of carboxylic acids is 1. The van der Waals surface area contributed by atoms with Crippen LogP contribution in [0.25, 0.3) is 0 Å². The quantitative estimate of drug-likeness (QED) is 0.837. The lowest BCUT2D eigenvalue weighted by molar-refractivity contribution is 0.0697. The maximum absolute atomic E-state index is 13.7. The maximum atomic E-state index is 13.7. The molecular formula is C14H9FN2O3. The van der Waals surface area contributed by atoms with Crippen LogP contribution in [-0.2, 0) is 0 Å². The molecular weight excluding hydrogens is 263 g/mol. The van der Waals surface area contributed by atoms with Gasteiger partial charge >= 0.3 is 5.97 Å². The van der Waals surface area contributed by atoms with Gasteiger partial charge in [0.15, 0.2) is 11.6 Å². The number of nitrogens with two attached hydrogens (primary N) is 1. The summed E-state index contributed by atoms with van der Waals surface area (Å²) < 4.78 is 18.9. The van der Waals surface area contributed by atoms with Crippen molar-refractivity contribution < 1.29 is 19.0 Å². The summed E-state index contributed by atoms with van der Waals surface area (Å²) in [5.74, 6) is -2.01. The summed E-state index contributed by atoms with van der Waals surface area (Å²) in [6.07, 6.45) is 0. The molecule has 0 saturated carbocycles. The van der Waals surface area contributed by atoms with E-state index < -0.39 is 11.8 Å². The molecule has 2 aromatic carbocycles. The van der Waals surface area contributed by atoms with Crippen molar-refractivity contribution in [3.05, 3.63) is 53.3 Å². The molecule has 0 spiro atoms. The van der Waals surface area contributed by atoms with Gasteiger partial charge in [0.2, 0.25) is 0 Å². The first-order valence-corrected chi connectivity index (χ1v) is 5.51. The maximum Gasteiger partial charge on any atom is 0.337 e. The first kappa shape index (κ1) is 13.4. The van der Waals surface area contributed by atoms with E-state index in [-0.39, 0.29) is 22.7 Å². The Bertz CT molecular complexity index is 706. The normalized spacial score (nSPS) is 9.80. The predicted molar refractivity (Wildman–Crippen MR) is 69.0 cm³/mol. The van der Waals surface area contributed by atoms with E-state index in [4.69, 9.17) is 20.8 Å². The van der Waals surface area contributed by atoms with Gasteiger partial charge in [-0.25, -0.2) is 9.18 Å². The number of halogens is 1.